The van der Waals surface area contributed by atoms with Crippen molar-refractivity contribution in [1.29, 1.82) is 0 Å². The molecular formula is C22H22Cl2N2O3S. The van der Waals surface area contributed by atoms with Gasteiger partial charge in [-0.05, 0) is 54.3 Å². The number of carboxylic acid groups (broad SMARTS) is 1. The topological polar surface area (TPSA) is 75.3 Å². The molecule has 0 aliphatic carbocycles. The fraction of sp³-hybridized carbons (Fsp3) is 0.273. The molecule has 158 valence electrons. The number of halogens is 2. The van der Waals surface area contributed by atoms with Crippen LogP contribution in [-0.2, 0) is 11.3 Å². The van der Waals surface area contributed by atoms with Gasteiger partial charge in [0.2, 0.25) is 0 Å². The summed E-state index contributed by atoms with van der Waals surface area (Å²) in [5.74, 6) is -1.29. The van der Waals surface area contributed by atoms with Gasteiger partial charge in [-0.3, -0.25) is 4.98 Å². The van der Waals surface area contributed by atoms with Crippen molar-refractivity contribution in [2.24, 2.45) is 0 Å². The van der Waals surface area contributed by atoms with Crippen molar-refractivity contribution in [2.75, 3.05) is 0 Å². The molecule has 2 heterocycles. The lowest BCUT2D eigenvalue weighted by atomic mass is 9.97. The van der Waals surface area contributed by atoms with Gasteiger partial charge in [0.25, 0.3) is 0 Å². The molecule has 2 aromatic heterocycles. The van der Waals surface area contributed by atoms with Crippen molar-refractivity contribution in [1.82, 2.24) is 9.55 Å². The molecule has 0 saturated carbocycles. The van der Waals surface area contributed by atoms with Crippen molar-refractivity contribution >= 4 is 40.9 Å². The maximum atomic E-state index is 11.6. The van der Waals surface area contributed by atoms with Crippen LogP contribution in [0.25, 0.3) is 0 Å². The zero-order valence-corrected chi connectivity index (χ0v) is 19.1. The number of benzene rings is 1. The van der Waals surface area contributed by atoms with Gasteiger partial charge in [0.05, 0.1) is 5.03 Å². The van der Waals surface area contributed by atoms with Crippen LogP contribution in [0.3, 0.4) is 0 Å². The van der Waals surface area contributed by atoms with E-state index >= 15 is 0 Å². The Morgan fingerprint density at radius 2 is 1.73 bits per heavy atom. The molecule has 5 nitrogen and oxygen atoms in total. The first-order valence-electron chi connectivity index (χ1n) is 9.35. The van der Waals surface area contributed by atoms with E-state index < -0.39 is 12.1 Å². The number of carboxylic acids is 1. The lowest BCUT2D eigenvalue weighted by molar-refractivity contribution is -0.147. The Labute approximate surface area is 189 Å². The van der Waals surface area contributed by atoms with E-state index in [1.807, 2.05) is 49.6 Å². The highest BCUT2D eigenvalue weighted by atomic mass is 35.5. The van der Waals surface area contributed by atoms with E-state index in [1.165, 1.54) is 11.8 Å². The van der Waals surface area contributed by atoms with Gasteiger partial charge in [-0.2, -0.15) is 0 Å². The van der Waals surface area contributed by atoms with Crippen molar-refractivity contribution in [3.63, 3.8) is 0 Å². The Morgan fingerprint density at radius 3 is 2.27 bits per heavy atom. The van der Waals surface area contributed by atoms with Crippen LogP contribution in [0, 0.1) is 6.92 Å². The fourth-order valence-electron chi connectivity index (χ4n) is 3.45. The highest BCUT2D eigenvalue weighted by Gasteiger charge is 2.30. The number of aliphatic hydroxyl groups is 1. The standard InChI is InChI=1S/C22H22Cl2N2O3S/c1-12(2)18-19(20(27)22(28)29)13(3)26(11-14-4-6-25-7-5-14)21(18)30-17-9-15(23)8-16(24)10-17/h4-10,12,20,27H,11H2,1-3H3,(H,28,29). The van der Waals surface area contributed by atoms with Crippen molar-refractivity contribution in [3.05, 3.63) is 75.2 Å². The molecule has 0 aliphatic heterocycles. The number of aliphatic carboxylic acids is 1. The number of pyridine rings is 1. The van der Waals surface area contributed by atoms with Gasteiger partial charge in [0, 0.05) is 45.1 Å². The average Bonchev–Trinajstić information content (AvgIpc) is 2.93. The maximum Gasteiger partial charge on any atom is 0.337 e. The van der Waals surface area contributed by atoms with Crippen LogP contribution in [0.5, 0.6) is 0 Å². The fourth-order valence-corrected chi connectivity index (χ4v) is 5.47. The molecule has 1 aromatic carbocycles. The molecule has 1 unspecified atom stereocenters. The summed E-state index contributed by atoms with van der Waals surface area (Å²) in [6, 6.07) is 9.11. The second kappa shape index (κ2) is 9.43. The first-order valence-corrected chi connectivity index (χ1v) is 10.9. The zero-order chi connectivity index (χ0) is 22.0. The smallest absolute Gasteiger partial charge is 0.337 e. The number of rotatable bonds is 7. The number of nitrogens with zero attached hydrogens (tertiary/aromatic N) is 2. The summed E-state index contributed by atoms with van der Waals surface area (Å²) in [4.78, 5) is 16.5. The number of carbonyl (C=O) groups is 1. The second-order valence-corrected chi connectivity index (χ2v) is 9.20. The summed E-state index contributed by atoms with van der Waals surface area (Å²) in [6.07, 6.45) is 1.82. The molecule has 0 fully saturated rings. The Morgan fingerprint density at radius 1 is 1.13 bits per heavy atom. The van der Waals surface area contributed by atoms with Gasteiger partial charge in [-0.1, -0.05) is 48.8 Å². The third kappa shape index (κ3) is 4.83. The van der Waals surface area contributed by atoms with Crippen LogP contribution in [0.2, 0.25) is 10.0 Å². The van der Waals surface area contributed by atoms with Crippen LogP contribution in [0.15, 0.2) is 52.6 Å². The summed E-state index contributed by atoms with van der Waals surface area (Å²) >= 11 is 13.8. The van der Waals surface area contributed by atoms with E-state index in [1.54, 1.807) is 18.5 Å². The van der Waals surface area contributed by atoms with E-state index in [0.717, 1.165) is 21.0 Å². The normalized spacial score (nSPS) is 12.4. The summed E-state index contributed by atoms with van der Waals surface area (Å²) in [7, 11) is 0. The Balaban J connectivity index is 2.22. The lowest BCUT2D eigenvalue weighted by Gasteiger charge is -2.15. The molecule has 0 spiro atoms. The predicted molar refractivity (Wildman–Crippen MR) is 120 cm³/mol. The Bertz CT molecular complexity index is 1050. The third-order valence-electron chi connectivity index (χ3n) is 4.79. The summed E-state index contributed by atoms with van der Waals surface area (Å²) < 4.78 is 2.03. The van der Waals surface area contributed by atoms with Gasteiger partial charge in [-0.15, -0.1) is 0 Å². The average molecular weight is 465 g/mol. The molecule has 30 heavy (non-hydrogen) atoms. The quantitative estimate of drug-likeness (QED) is 0.452. The molecule has 1 atom stereocenters. The van der Waals surface area contributed by atoms with E-state index in [-0.39, 0.29) is 5.92 Å². The van der Waals surface area contributed by atoms with Gasteiger partial charge in [-0.25, -0.2) is 4.79 Å². The van der Waals surface area contributed by atoms with E-state index in [0.29, 0.717) is 27.8 Å². The van der Waals surface area contributed by atoms with Crippen LogP contribution < -0.4 is 0 Å². The largest absolute Gasteiger partial charge is 0.479 e. The highest BCUT2D eigenvalue weighted by molar-refractivity contribution is 7.99. The Hall–Kier alpha value is -1.99. The summed E-state index contributed by atoms with van der Waals surface area (Å²) in [5, 5.41) is 21.9. The van der Waals surface area contributed by atoms with Gasteiger partial charge < -0.3 is 14.8 Å². The lowest BCUT2D eigenvalue weighted by Crippen LogP contribution is -2.13. The molecule has 8 heteroatoms. The molecule has 0 radical (unpaired) electrons. The van der Waals surface area contributed by atoms with Gasteiger partial charge in [0.15, 0.2) is 6.10 Å². The summed E-state index contributed by atoms with van der Waals surface area (Å²) in [5.41, 5.74) is 2.96. The molecule has 0 amide bonds. The SMILES string of the molecule is Cc1c(C(O)C(=O)O)c(C(C)C)c(Sc2cc(Cl)cc(Cl)c2)n1Cc1ccncc1. The van der Waals surface area contributed by atoms with E-state index in [4.69, 9.17) is 23.2 Å². The predicted octanol–water partition coefficient (Wildman–Crippen LogP) is 5.94. The molecule has 0 saturated heterocycles. The number of hydrogen-bond donors (Lipinski definition) is 2. The monoisotopic (exact) mass is 464 g/mol. The van der Waals surface area contributed by atoms with Crippen LogP contribution in [-0.4, -0.2) is 25.7 Å². The maximum absolute atomic E-state index is 11.6. The number of aromatic nitrogens is 2. The zero-order valence-electron chi connectivity index (χ0n) is 16.8. The minimum absolute atomic E-state index is 0.0106. The molecule has 0 bridgehead atoms. The van der Waals surface area contributed by atoms with Gasteiger partial charge >= 0.3 is 5.97 Å². The molecule has 0 aliphatic rings. The molecule has 3 aromatic rings. The van der Waals surface area contributed by atoms with Crippen molar-refractivity contribution < 1.29 is 15.0 Å². The number of aliphatic hydroxyl groups excluding tert-OH is 1. The molecular weight excluding hydrogens is 443 g/mol. The van der Waals surface area contributed by atoms with Crippen LogP contribution in [0.4, 0.5) is 0 Å². The van der Waals surface area contributed by atoms with E-state index in [2.05, 4.69) is 4.98 Å². The second-order valence-electron chi connectivity index (χ2n) is 7.26. The first kappa shape index (κ1) is 22.7. The number of hydrogen-bond acceptors (Lipinski definition) is 4. The van der Waals surface area contributed by atoms with Crippen LogP contribution in [0.1, 0.15) is 48.3 Å². The van der Waals surface area contributed by atoms with Crippen LogP contribution >= 0.6 is 35.0 Å². The van der Waals surface area contributed by atoms with E-state index in [9.17, 15) is 15.0 Å². The minimum Gasteiger partial charge on any atom is -0.479 e. The first-order chi connectivity index (χ1) is 14.2. The van der Waals surface area contributed by atoms with Crippen molar-refractivity contribution in [3.8, 4) is 0 Å². The minimum atomic E-state index is -1.61. The molecule has 2 N–H and O–H groups in total. The highest BCUT2D eigenvalue weighted by Crippen LogP contribution is 2.43. The third-order valence-corrected chi connectivity index (χ3v) is 6.33. The van der Waals surface area contributed by atoms with Gasteiger partial charge in [0.1, 0.15) is 0 Å². The molecule has 3 rings (SSSR count). The Kier molecular flexibility index (Phi) is 7.14. The summed E-state index contributed by atoms with van der Waals surface area (Å²) in [6.45, 7) is 6.32. The van der Waals surface area contributed by atoms with Crippen molar-refractivity contribution in [2.45, 2.75) is 49.3 Å².